The van der Waals surface area contributed by atoms with Crippen molar-refractivity contribution in [3.63, 3.8) is 0 Å². The summed E-state index contributed by atoms with van der Waals surface area (Å²) in [5.41, 5.74) is 0.542. The number of nitrogens with zero attached hydrogens (tertiary/aromatic N) is 1. The second-order valence-electron chi connectivity index (χ2n) is 5.01. The van der Waals surface area contributed by atoms with E-state index in [1.54, 1.807) is 0 Å². The topological polar surface area (TPSA) is 12.5 Å². The highest BCUT2D eigenvalue weighted by Crippen LogP contribution is 2.47. The van der Waals surface area contributed by atoms with Crippen molar-refractivity contribution >= 4 is 12.6 Å². The summed E-state index contributed by atoms with van der Waals surface area (Å²) < 4.78 is 5.59. The molecule has 3 heteroatoms. The Labute approximate surface area is 92.4 Å². The van der Waals surface area contributed by atoms with Crippen molar-refractivity contribution in [1.82, 2.24) is 4.90 Å². The highest BCUT2D eigenvalue weighted by molar-refractivity contribution is 7.80. The van der Waals surface area contributed by atoms with Gasteiger partial charge in [-0.3, -0.25) is 0 Å². The van der Waals surface area contributed by atoms with Crippen LogP contribution >= 0.6 is 12.6 Å². The van der Waals surface area contributed by atoms with Gasteiger partial charge in [-0.25, -0.2) is 0 Å². The van der Waals surface area contributed by atoms with E-state index in [2.05, 4.69) is 31.5 Å². The first-order chi connectivity index (χ1) is 6.67. The first kappa shape index (κ1) is 10.8. The second-order valence-corrected chi connectivity index (χ2v) is 5.32. The molecule has 14 heavy (non-hydrogen) atoms. The van der Waals surface area contributed by atoms with Crippen molar-refractivity contribution in [2.24, 2.45) is 5.41 Å². The highest BCUT2D eigenvalue weighted by Gasteiger charge is 2.43. The maximum absolute atomic E-state index is 5.59. The van der Waals surface area contributed by atoms with Crippen molar-refractivity contribution in [2.75, 3.05) is 26.0 Å². The summed E-state index contributed by atoms with van der Waals surface area (Å²) in [6, 6.07) is 0.632. The Hall–Kier alpha value is 0.270. The lowest BCUT2D eigenvalue weighted by atomic mass is 10.1. The lowest BCUT2D eigenvalue weighted by molar-refractivity contribution is 0.0779. The lowest BCUT2D eigenvalue weighted by Gasteiger charge is -2.29. The number of hydrogen-bond donors (Lipinski definition) is 1. The fourth-order valence-corrected chi connectivity index (χ4v) is 2.90. The van der Waals surface area contributed by atoms with Crippen LogP contribution < -0.4 is 0 Å². The van der Waals surface area contributed by atoms with E-state index in [0.29, 0.717) is 17.6 Å². The summed E-state index contributed by atoms with van der Waals surface area (Å²) in [7, 11) is 2.24. The van der Waals surface area contributed by atoms with Crippen molar-refractivity contribution in [3.8, 4) is 0 Å². The fourth-order valence-electron chi connectivity index (χ4n) is 2.49. The van der Waals surface area contributed by atoms with Crippen molar-refractivity contribution < 1.29 is 4.74 Å². The third-order valence-electron chi connectivity index (χ3n) is 3.78. The minimum absolute atomic E-state index is 0.413. The molecule has 2 nitrogen and oxygen atoms in total. The lowest BCUT2D eigenvalue weighted by Crippen LogP contribution is -2.40. The minimum Gasteiger partial charge on any atom is -0.377 e. The van der Waals surface area contributed by atoms with Gasteiger partial charge in [0.1, 0.15) is 0 Å². The predicted molar refractivity (Wildman–Crippen MR) is 62.0 cm³/mol. The number of thiol groups is 1. The van der Waals surface area contributed by atoms with E-state index < -0.39 is 0 Å². The molecule has 0 spiro atoms. The molecule has 0 aromatic rings. The molecule has 2 aliphatic rings. The van der Waals surface area contributed by atoms with E-state index in [1.165, 1.54) is 25.8 Å². The van der Waals surface area contributed by atoms with Crippen LogP contribution in [0.5, 0.6) is 0 Å². The summed E-state index contributed by atoms with van der Waals surface area (Å²) in [4.78, 5) is 2.49. The molecule has 0 radical (unpaired) electrons. The maximum atomic E-state index is 5.59. The zero-order valence-corrected chi connectivity index (χ0v) is 10.1. The van der Waals surface area contributed by atoms with Gasteiger partial charge in [0.25, 0.3) is 0 Å². The molecule has 1 heterocycles. The van der Waals surface area contributed by atoms with E-state index in [1.807, 2.05) is 0 Å². The molecule has 1 aliphatic heterocycles. The quantitative estimate of drug-likeness (QED) is 0.718. The molecular formula is C11H21NOS. The van der Waals surface area contributed by atoms with Crippen LogP contribution in [0.2, 0.25) is 0 Å². The van der Waals surface area contributed by atoms with Crippen LogP contribution in [0.4, 0.5) is 0 Å². The van der Waals surface area contributed by atoms with Gasteiger partial charge in [0, 0.05) is 19.2 Å². The number of hydrogen-bond acceptors (Lipinski definition) is 3. The zero-order valence-electron chi connectivity index (χ0n) is 9.20. The van der Waals surface area contributed by atoms with Crippen molar-refractivity contribution in [1.29, 1.82) is 0 Å². The normalized spacial score (nSPS) is 35.1. The summed E-state index contributed by atoms with van der Waals surface area (Å²) in [5, 5.41) is 0. The van der Waals surface area contributed by atoms with E-state index in [0.717, 1.165) is 12.4 Å². The summed E-state index contributed by atoms with van der Waals surface area (Å²) in [6.45, 7) is 4.33. The van der Waals surface area contributed by atoms with Gasteiger partial charge < -0.3 is 9.64 Å². The van der Waals surface area contributed by atoms with Gasteiger partial charge >= 0.3 is 0 Å². The van der Waals surface area contributed by atoms with Crippen LogP contribution in [-0.4, -0.2) is 43.0 Å². The Morgan fingerprint density at radius 1 is 1.50 bits per heavy atom. The molecule has 82 valence electrons. The Morgan fingerprint density at radius 3 is 2.64 bits per heavy atom. The van der Waals surface area contributed by atoms with Gasteiger partial charge in [-0.05, 0) is 44.4 Å². The molecule has 0 N–H and O–H groups in total. The Morgan fingerprint density at radius 2 is 2.21 bits per heavy atom. The van der Waals surface area contributed by atoms with Crippen LogP contribution in [0.1, 0.15) is 26.2 Å². The average Bonchev–Trinajstić information content (AvgIpc) is 2.80. The first-order valence-electron chi connectivity index (χ1n) is 5.60. The summed E-state index contributed by atoms with van der Waals surface area (Å²) in [5.74, 6) is 1.04. The fraction of sp³-hybridized carbons (Fsp3) is 1.00. The van der Waals surface area contributed by atoms with Gasteiger partial charge in [0.2, 0.25) is 0 Å². The Kier molecular flexibility index (Phi) is 3.10. The van der Waals surface area contributed by atoms with Crippen LogP contribution in [0.3, 0.4) is 0 Å². The molecule has 1 saturated carbocycles. The molecule has 2 unspecified atom stereocenters. The van der Waals surface area contributed by atoms with E-state index in [9.17, 15) is 0 Å². The monoisotopic (exact) mass is 215 g/mol. The molecule has 0 amide bonds. The minimum atomic E-state index is 0.413. The molecule has 2 atom stereocenters. The van der Waals surface area contributed by atoms with Gasteiger partial charge in [-0.15, -0.1) is 0 Å². The van der Waals surface area contributed by atoms with Gasteiger partial charge in [-0.2, -0.15) is 12.6 Å². The van der Waals surface area contributed by atoms with Gasteiger partial charge in [0.05, 0.1) is 6.10 Å². The van der Waals surface area contributed by atoms with E-state index in [-0.39, 0.29) is 0 Å². The molecule has 2 fully saturated rings. The second kappa shape index (κ2) is 4.03. The number of ether oxygens (including phenoxy) is 1. The van der Waals surface area contributed by atoms with Crippen molar-refractivity contribution in [3.05, 3.63) is 0 Å². The van der Waals surface area contributed by atoms with E-state index >= 15 is 0 Å². The highest BCUT2D eigenvalue weighted by atomic mass is 32.1. The summed E-state index contributed by atoms with van der Waals surface area (Å²) >= 11 is 4.45. The molecule has 1 saturated heterocycles. The Bertz CT molecular complexity index is 205. The SMILES string of the molecule is CC1OCCC1N(C)CC1(CS)CC1. The largest absolute Gasteiger partial charge is 0.377 e. The summed E-state index contributed by atoms with van der Waals surface area (Å²) in [6.07, 6.45) is 4.34. The molecular weight excluding hydrogens is 194 g/mol. The molecule has 0 aromatic heterocycles. The molecule has 0 bridgehead atoms. The van der Waals surface area contributed by atoms with Gasteiger partial charge in [0.15, 0.2) is 0 Å². The average molecular weight is 215 g/mol. The van der Waals surface area contributed by atoms with Crippen molar-refractivity contribution in [2.45, 2.75) is 38.3 Å². The molecule has 2 rings (SSSR count). The van der Waals surface area contributed by atoms with Crippen LogP contribution in [-0.2, 0) is 4.74 Å². The molecule has 1 aliphatic carbocycles. The smallest absolute Gasteiger partial charge is 0.0702 e. The molecule has 0 aromatic carbocycles. The maximum Gasteiger partial charge on any atom is 0.0702 e. The predicted octanol–water partition coefficient (Wildman–Crippen LogP) is 1.81. The standard InChI is InChI=1S/C11H21NOS/c1-9-10(3-6-13-9)12(2)7-11(8-14)4-5-11/h9-10,14H,3-8H2,1-2H3. The van der Waals surface area contributed by atoms with Crippen LogP contribution in [0, 0.1) is 5.41 Å². The third-order valence-corrected chi connectivity index (χ3v) is 4.45. The number of likely N-dealkylation sites (N-methyl/N-ethyl adjacent to an activating group) is 1. The van der Waals surface area contributed by atoms with E-state index in [4.69, 9.17) is 4.74 Å². The van der Waals surface area contributed by atoms with Gasteiger partial charge in [-0.1, -0.05) is 0 Å². The Balaban J connectivity index is 1.85. The number of rotatable bonds is 4. The first-order valence-corrected chi connectivity index (χ1v) is 6.23. The van der Waals surface area contributed by atoms with Crippen LogP contribution in [0.25, 0.3) is 0 Å². The zero-order chi connectivity index (χ0) is 10.2. The third kappa shape index (κ3) is 2.10. The van der Waals surface area contributed by atoms with Crippen LogP contribution in [0.15, 0.2) is 0 Å².